The topological polar surface area (TPSA) is 90.7 Å². The number of hydrogen-bond donors (Lipinski definition) is 2. The molecular formula is C24H20N2O4. The Morgan fingerprint density at radius 3 is 2.37 bits per heavy atom. The van der Waals surface area contributed by atoms with Gasteiger partial charge in [-0.2, -0.15) is 0 Å². The van der Waals surface area contributed by atoms with E-state index < -0.39 is 11.3 Å². The third kappa shape index (κ3) is 3.16. The molecule has 0 spiro atoms. The molecule has 0 aromatic heterocycles. The number of amides is 2. The van der Waals surface area contributed by atoms with E-state index in [0.29, 0.717) is 17.1 Å². The summed E-state index contributed by atoms with van der Waals surface area (Å²) in [5.41, 5.74) is 8.81. The summed E-state index contributed by atoms with van der Waals surface area (Å²) in [5.74, 6) is 0.920. The Kier molecular flexibility index (Phi) is 4.20. The van der Waals surface area contributed by atoms with Crippen LogP contribution in [-0.2, 0) is 10.2 Å². The first kappa shape index (κ1) is 18.2. The zero-order valence-corrected chi connectivity index (χ0v) is 16.2. The summed E-state index contributed by atoms with van der Waals surface area (Å²) in [5, 5.41) is 3.03. The van der Waals surface area contributed by atoms with Gasteiger partial charge in [0.1, 0.15) is 0 Å². The van der Waals surface area contributed by atoms with Crippen molar-refractivity contribution in [2.45, 2.75) is 18.3 Å². The molecule has 3 N–H and O–H groups in total. The summed E-state index contributed by atoms with van der Waals surface area (Å²) in [4.78, 5) is 24.4. The molecule has 1 fully saturated rings. The molecule has 2 aliphatic rings. The van der Waals surface area contributed by atoms with Gasteiger partial charge in [0.25, 0.3) is 0 Å². The van der Waals surface area contributed by atoms with Gasteiger partial charge in [-0.15, -0.1) is 0 Å². The SMILES string of the molecule is NC(=O)c1cccc(-c2ccc(NC(=O)C3(c4ccc5c(c4)OCO5)CC3)cc2)c1. The summed E-state index contributed by atoms with van der Waals surface area (Å²) in [6.45, 7) is 0.215. The number of primary amides is 1. The highest BCUT2D eigenvalue weighted by atomic mass is 16.7. The molecule has 0 unspecified atom stereocenters. The maximum atomic E-state index is 13.0. The molecular weight excluding hydrogens is 380 g/mol. The van der Waals surface area contributed by atoms with Crippen LogP contribution in [0.15, 0.2) is 66.7 Å². The standard InChI is InChI=1S/C24H20N2O4/c25-22(27)17-3-1-2-16(12-17)15-4-7-19(8-5-15)26-23(28)24(10-11-24)18-6-9-20-21(13-18)30-14-29-20/h1-9,12-13H,10-11,14H2,(H2,25,27)(H,26,28). The fraction of sp³-hybridized carbons (Fsp3) is 0.167. The van der Waals surface area contributed by atoms with Crippen LogP contribution in [0.1, 0.15) is 28.8 Å². The van der Waals surface area contributed by atoms with E-state index in [0.717, 1.165) is 35.2 Å². The van der Waals surface area contributed by atoms with E-state index in [9.17, 15) is 9.59 Å². The van der Waals surface area contributed by atoms with E-state index >= 15 is 0 Å². The van der Waals surface area contributed by atoms with Crippen molar-refractivity contribution in [3.63, 3.8) is 0 Å². The minimum absolute atomic E-state index is 0.0233. The van der Waals surface area contributed by atoms with Gasteiger partial charge in [-0.1, -0.05) is 30.3 Å². The van der Waals surface area contributed by atoms with Gasteiger partial charge >= 0.3 is 0 Å². The van der Waals surface area contributed by atoms with E-state index in [1.165, 1.54) is 0 Å². The Hall–Kier alpha value is -3.80. The summed E-state index contributed by atoms with van der Waals surface area (Å²) >= 11 is 0. The predicted molar refractivity (Wildman–Crippen MR) is 113 cm³/mol. The lowest BCUT2D eigenvalue weighted by Crippen LogP contribution is -2.27. The highest BCUT2D eigenvalue weighted by Gasteiger charge is 2.51. The van der Waals surface area contributed by atoms with Crippen molar-refractivity contribution >= 4 is 17.5 Å². The molecule has 0 atom stereocenters. The van der Waals surface area contributed by atoms with Crippen molar-refractivity contribution in [2.24, 2.45) is 5.73 Å². The number of anilines is 1. The number of fused-ring (bicyclic) bond motifs is 1. The number of carbonyl (C=O) groups is 2. The first-order valence-electron chi connectivity index (χ1n) is 9.77. The zero-order valence-electron chi connectivity index (χ0n) is 16.2. The van der Waals surface area contributed by atoms with Gasteiger partial charge in [-0.3, -0.25) is 9.59 Å². The number of rotatable bonds is 5. The van der Waals surface area contributed by atoms with Crippen molar-refractivity contribution in [2.75, 3.05) is 12.1 Å². The van der Waals surface area contributed by atoms with Gasteiger partial charge in [0.15, 0.2) is 11.5 Å². The normalized spacial score (nSPS) is 15.5. The molecule has 0 radical (unpaired) electrons. The van der Waals surface area contributed by atoms with Crippen molar-refractivity contribution in [1.29, 1.82) is 0 Å². The van der Waals surface area contributed by atoms with Crippen LogP contribution in [0.2, 0.25) is 0 Å². The first-order valence-corrected chi connectivity index (χ1v) is 9.77. The summed E-state index contributed by atoms with van der Waals surface area (Å²) in [6.07, 6.45) is 1.60. The van der Waals surface area contributed by atoms with Crippen LogP contribution < -0.4 is 20.5 Å². The quantitative estimate of drug-likeness (QED) is 0.681. The van der Waals surface area contributed by atoms with Crippen LogP contribution in [0.5, 0.6) is 11.5 Å². The van der Waals surface area contributed by atoms with Crippen molar-refractivity contribution in [3.8, 4) is 22.6 Å². The Morgan fingerprint density at radius 2 is 1.63 bits per heavy atom. The van der Waals surface area contributed by atoms with E-state index in [-0.39, 0.29) is 12.7 Å². The molecule has 6 heteroatoms. The third-order valence-electron chi connectivity index (χ3n) is 5.73. The molecule has 1 aliphatic carbocycles. The Labute approximate surface area is 173 Å². The lowest BCUT2D eigenvalue weighted by molar-refractivity contribution is -0.118. The van der Waals surface area contributed by atoms with Gasteiger partial charge in [0.05, 0.1) is 5.41 Å². The fourth-order valence-electron chi connectivity index (χ4n) is 3.81. The van der Waals surface area contributed by atoms with Gasteiger partial charge in [-0.25, -0.2) is 0 Å². The van der Waals surface area contributed by atoms with Crippen LogP contribution in [-0.4, -0.2) is 18.6 Å². The molecule has 2 amide bonds. The number of nitrogens with one attached hydrogen (secondary N) is 1. The van der Waals surface area contributed by atoms with Crippen molar-refractivity contribution in [3.05, 3.63) is 77.9 Å². The van der Waals surface area contributed by atoms with Gasteiger partial charge in [0, 0.05) is 11.3 Å². The summed E-state index contributed by atoms with van der Waals surface area (Å²) < 4.78 is 10.8. The number of benzene rings is 3. The minimum Gasteiger partial charge on any atom is -0.454 e. The number of carbonyl (C=O) groups excluding carboxylic acids is 2. The van der Waals surface area contributed by atoms with Crippen LogP contribution >= 0.6 is 0 Å². The van der Waals surface area contributed by atoms with Crippen LogP contribution in [0.25, 0.3) is 11.1 Å². The van der Waals surface area contributed by atoms with Gasteiger partial charge in [0.2, 0.25) is 18.6 Å². The molecule has 3 aromatic rings. The maximum Gasteiger partial charge on any atom is 0.248 e. The highest BCUT2D eigenvalue weighted by Crippen LogP contribution is 2.51. The second kappa shape index (κ2) is 6.91. The van der Waals surface area contributed by atoms with Gasteiger partial charge < -0.3 is 20.5 Å². The van der Waals surface area contributed by atoms with Crippen LogP contribution in [0, 0.1) is 0 Å². The maximum absolute atomic E-state index is 13.0. The highest BCUT2D eigenvalue weighted by molar-refractivity contribution is 6.01. The molecule has 5 rings (SSSR count). The zero-order chi connectivity index (χ0) is 20.7. The van der Waals surface area contributed by atoms with Gasteiger partial charge in [-0.05, 0) is 65.9 Å². The van der Waals surface area contributed by atoms with E-state index in [2.05, 4.69) is 5.32 Å². The average Bonchev–Trinajstić information content (AvgIpc) is 3.45. The second-order valence-corrected chi connectivity index (χ2v) is 7.63. The Bertz CT molecular complexity index is 1150. The molecule has 0 saturated heterocycles. The summed E-state index contributed by atoms with van der Waals surface area (Å²) in [7, 11) is 0. The Morgan fingerprint density at radius 1 is 0.867 bits per heavy atom. The lowest BCUT2D eigenvalue weighted by Gasteiger charge is -2.16. The molecule has 3 aromatic carbocycles. The van der Waals surface area contributed by atoms with Crippen LogP contribution in [0.4, 0.5) is 5.69 Å². The van der Waals surface area contributed by atoms with E-state index in [1.54, 1.807) is 18.2 Å². The number of hydrogen-bond acceptors (Lipinski definition) is 4. The largest absolute Gasteiger partial charge is 0.454 e. The van der Waals surface area contributed by atoms with Crippen LogP contribution in [0.3, 0.4) is 0 Å². The lowest BCUT2D eigenvalue weighted by atomic mass is 9.94. The number of ether oxygens (including phenoxy) is 2. The smallest absolute Gasteiger partial charge is 0.248 e. The molecule has 1 saturated carbocycles. The third-order valence-corrected chi connectivity index (χ3v) is 5.73. The number of nitrogens with two attached hydrogens (primary N) is 1. The van der Waals surface area contributed by atoms with Crippen molar-refractivity contribution < 1.29 is 19.1 Å². The second-order valence-electron chi connectivity index (χ2n) is 7.63. The predicted octanol–water partition coefficient (Wildman–Crippen LogP) is 3.85. The molecule has 150 valence electrons. The molecule has 6 nitrogen and oxygen atoms in total. The monoisotopic (exact) mass is 400 g/mol. The molecule has 30 heavy (non-hydrogen) atoms. The molecule has 1 heterocycles. The van der Waals surface area contributed by atoms with Crippen molar-refractivity contribution in [1.82, 2.24) is 0 Å². The average molecular weight is 400 g/mol. The van der Waals surface area contributed by atoms with E-state index in [1.807, 2.05) is 48.5 Å². The van der Waals surface area contributed by atoms with E-state index in [4.69, 9.17) is 15.2 Å². The molecule has 1 aliphatic heterocycles. The molecule has 0 bridgehead atoms. The minimum atomic E-state index is -0.518. The fourth-order valence-corrected chi connectivity index (χ4v) is 3.81. The Balaban J connectivity index is 1.33. The summed E-state index contributed by atoms with van der Waals surface area (Å²) in [6, 6.07) is 20.4. The first-order chi connectivity index (χ1) is 14.5.